The van der Waals surface area contributed by atoms with Gasteiger partial charge in [0, 0.05) is 30.2 Å². The molecule has 0 amide bonds. The maximum Gasteiger partial charge on any atom is 0.289 e. The summed E-state index contributed by atoms with van der Waals surface area (Å²) in [4.78, 5) is 10.3. The van der Waals surface area contributed by atoms with E-state index < -0.39 is 14.9 Å². The van der Waals surface area contributed by atoms with Crippen LogP contribution in [0.15, 0.2) is 59.5 Å². The summed E-state index contributed by atoms with van der Waals surface area (Å²) >= 11 is 1.72. The molecule has 1 saturated heterocycles. The molecule has 1 unspecified atom stereocenters. The zero-order valence-corrected chi connectivity index (χ0v) is 15.1. The fourth-order valence-electron chi connectivity index (χ4n) is 2.89. The topological polar surface area (TPSA) is 80.5 Å². The average molecular weight is 378 g/mol. The summed E-state index contributed by atoms with van der Waals surface area (Å²) < 4.78 is 27.2. The summed E-state index contributed by atoms with van der Waals surface area (Å²) in [6.45, 7) is 0.698. The van der Waals surface area contributed by atoms with Crippen LogP contribution >= 0.6 is 11.8 Å². The zero-order chi connectivity index (χ0) is 17.9. The molecule has 8 heteroatoms. The van der Waals surface area contributed by atoms with Crippen LogP contribution in [0.3, 0.4) is 0 Å². The number of nitro groups is 1. The molecule has 0 aromatic heterocycles. The summed E-state index contributed by atoms with van der Waals surface area (Å²) in [7, 11) is -3.89. The predicted octanol–water partition coefficient (Wildman–Crippen LogP) is 3.46. The van der Waals surface area contributed by atoms with Crippen molar-refractivity contribution in [2.45, 2.75) is 16.6 Å². The number of nitrogens with zero attached hydrogens (tertiary/aromatic N) is 2. The quantitative estimate of drug-likeness (QED) is 0.601. The second-order valence-corrected chi connectivity index (χ2v) is 8.90. The van der Waals surface area contributed by atoms with Crippen LogP contribution in [0.25, 0.3) is 0 Å². The molecule has 0 aliphatic carbocycles. The minimum Gasteiger partial charge on any atom is -0.258 e. The highest BCUT2D eigenvalue weighted by atomic mass is 32.2. The van der Waals surface area contributed by atoms with Gasteiger partial charge in [-0.1, -0.05) is 42.5 Å². The van der Waals surface area contributed by atoms with Gasteiger partial charge in [-0.2, -0.15) is 16.1 Å². The van der Waals surface area contributed by atoms with Crippen LogP contribution in [0, 0.1) is 10.1 Å². The lowest BCUT2D eigenvalue weighted by Gasteiger charge is -2.20. The maximum atomic E-state index is 12.9. The number of thioether (sulfide) groups is 1. The summed E-state index contributed by atoms with van der Waals surface area (Å²) in [6, 6.07) is 15.5. The van der Waals surface area contributed by atoms with Crippen molar-refractivity contribution < 1.29 is 13.3 Å². The molecule has 2 aromatic rings. The van der Waals surface area contributed by atoms with Crippen molar-refractivity contribution >= 4 is 27.5 Å². The summed E-state index contributed by atoms with van der Waals surface area (Å²) in [5.74, 6) is 0.652. The van der Waals surface area contributed by atoms with Crippen molar-refractivity contribution in [3.63, 3.8) is 0 Å². The van der Waals surface area contributed by atoms with E-state index >= 15 is 0 Å². The number of sulfonamides is 1. The first-order chi connectivity index (χ1) is 12.0. The largest absolute Gasteiger partial charge is 0.289 e. The lowest BCUT2D eigenvalue weighted by atomic mass is 10.1. The highest BCUT2D eigenvalue weighted by Crippen LogP contribution is 2.36. The molecule has 0 saturated carbocycles. The molecule has 1 atom stereocenters. The Hall–Kier alpha value is -1.90. The number of para-hydroxylation sites is 1. The van der Waals surface area contributed by atoms with Gasteiger partial charge >= 0.3 is 0 Å². The number of benzene rings is 2. The van der Waals surface area contributed by atoms with Gasteiger partial charge in [0.05, 0.1) is 4.92 Å². The predicted molar refractivity (Wildman–Crippen MR) is 98.1 cm³/mol. The lowest BCUT2D eigenvalue weighted by Crippen LogP contribution is -2.33. The number of hydrogen-bond donors (Lipinski definition) is 0. The molecular formula is C17H18N2O4S2. The Balaban J connectivity index is 1.84. The molecule has 132 valence electrons. The van der Waals surface area contributed by atoms with Gasteiger partial charge in [0.1, 0.15) is 0 Å². The van der Waals surface area contributed by atoms with Crippen LogP contribution in [-0.2, 0) is 10.0 Å². The van der Waals surface area contributed by atoms with Gasteiger partial charge in [-0.15, -0.1) is 0 Å². The highest BCUT2D eigenvalue weighted by molar-refractivity contribution is 7.99. The molecule has 0 bridgehead atoms. The first kappa shape index (κ1) is 17.9. The van der Waals surface area contributed by atoms with Gasteiger partial charge in [-0.05, 0) is 18.1 Å². The van der Waals surface area contributed by atoms with Crippen molar-refractivity contribution in [3.05, 3.63) is 70.3 Å². The van der Waals surface area contributed by atoms with Crippen LogP contribution in [-0.4, -0.2) is 36.5 Å². The minimum absolute atomic E-state index is 0.229. The van der Waals surface area contributed by atoms with E-state index in [0.29, 0.717) is 25.3 Å². The minimum atomic E-state index is -3.89. The van der Waals surface area contributed by atoms with Crippen LogP contribution in [0.2, 0.25) is 0 Å². The van der Waals surface area contributed by atoms with Crippen LogP contribution in [0.1, 0.15) is 17.2 Å². The van der Waals surface area contributed by atoms with Crippen molar-refractivity contribution in [3.8, 4) is 0 Å². The smallest absolute Gasteiger partial charge is 0.258 e. The second kappa shape index (κ2) is 7.55. The van der Waals surface area contributed by atoms with Crippen LogP contribution < -0.4 is 0 Å². The Morgan fingerprint density at radius 3 is 2.44 bits per heavy atom. The first-order valence-electron chi connectivity index (χ1n) is 7.90. The highest BCUT2D eigenvalue weighted by Gasteiger charge is 2.33. The second-order valence-electron chi connectivity index (χ2n) is 5.69. The number of nitro benzene ring substituents is 1. The van der Waals surface area contributed by atoms with Crippen molar-refractivity contribution in [2.24, 2.45) is 0 Å². The Labute approximate surface area is 151 Å². The van der Waals surface area contributed by atoms with E-state index in [1.165, 1.54) is 34.1 Å². The van der Waals surface area contributed by atoms with E-state index in [1.807, 2.05) is 30.3 Å². The van der Waals surface area contributed by atoms with E-state index in [-0.39, 0.29) is 15.8 Å². The lowest BCUT2D eigenvalue weighted by molar-refractivity contribution is -0.387. The molecule has 25 heavy (non-hydrogen) atoms. The molecule has 6 nitrogen and oxygen atoms in total. The van der Waals surface area contributed by atoms with Gasteiger partial charge in [-0.25, -0.2) is 8.42 Å². The Kier molecular flexibility index (Phi) is 5.41. The third-order valence-corrected chi connectivity index (χ3v) is 7.43. The van der Waals surface area contributed by atoms with E-state index in [0.717, 1.165) is 0 Å². The summed E-state index contributed by atoms with van der Waals surface area (Å²) in [6.07, 6.45) is 0.675. The van der Waals surface area contributed by atoms with Crippen LogP contribution in [0.5, 0.6) is 0 Å². The number of hydrogen-bond acceptors (Lipinski definition) is 5. The molecule has 0 spiro atoms. The molecule has 1 heterocycles. The normalized spacial score (nSPS) is 19.3. The van der Waals surface area contributed by atoms with Gasteiger partial charge in [0.15, 0.2) is 4.90 Å². The molecule has 1 aliphatic heterocycles. The van der Waals surface area contributed by atoms with E-state index in [4.69, 9.17) is 0 Å². The summed E-state index contributed by atoms with van der Waals surface area (Å²) in [5.41, 5.74) is 0.802. The van der Waals surface area contributed by atoms with E-state index in [1.54, 1.807) is 11.8 Å². The molecule has 3 rings (SSSR count). The molecule has 0 radical (unpaired) electrons. The van der Waals surface area contributed by atoms with Crippen molar-refractivity contribution in [1.29, 1.82) is 0 Å². The first-order valence-corrected chi connectivity index (χ1v) is 10.4. The Morgan fingerprint density at radius 2 is 1.72 bits per heavy atom. The fraction of sp³-hybridized carbons (Fsp3) is 0.294. The standard InChI is InChI=1S/C17H18N2O4S2/c20-19(21)15-8-4-5-9-17(15)25(22,23)18-11-10-16(24-13-12-18)14-6-2-1-3-7-14/h1-9,16H,10-13H2. The van der Waals surface area contributed by atoms with Crippen LogP contribution in [0.4, 0.5) is 5.69 Å². The average Bonchev–Trinajstić information content (AvgIpc) is 2.89. The third-order valence-electron chi connectivity index (χ3n) is 4.15. The summed E-state index contributed by atoms with van der Waals surface area (Å²) in [5, 5.41) is 11.4. The van der Waals surface area contributed by atoms with Crippen molar-refractivity contribution in [1.82, 2.24) is 4.31 Å². The fourth-order valence-corrected chi connectivity index (χ4v) is 5.85. The van der Waals surface area contributed by atoms with Gasteiger partial charge < -0.3 is 0 Å². The van der Waals surface area contributed by atoms with E-state index in [9.17, 15) is 18.5 Å². The number of rotatable bonds is 4. The van der Waals surface area contributed by atoms with Gasteiger partial charge in [-0.3, -0.25) is 10.1 Å². The van der Waals surface area contributed by atoms with E-state index in [2.05, 4.69) is 0 Å². The molecule has 2 aromatic carbocycles. The van der Waals surface area contributed by atoms with Gasteiger partial charge in [0.2, 0.25) is 10.0 Å². The molecule has 0 N–H and O–H groups in total. The molecule has 1 aliphatic rings. The zero-order valence-electron chi connectivity index (χ0n) is 13.4. The van der Waals surface area contributed by atoms with Gasteiger partial charge in [0.25, 0.3) is 5.69 Å². The Bertz CT molecular complexity index is 856. The SMILES string of the molecule is O=[N+]([O-])c1ccccc1S(=O)(=O)N1CCSC(c2ccccc2)CC1. The monoisotopic (exact) mass is 378 g/mol. The molecule has 1 fully saturated rings. The Morgan fingerprint density at radius 1 is 1.04 bits per heavy atom. The molecular weight excluding hydrogens is 360 g/mol. The maximum absolute atomic E-state index is 12.9. The van der Waals surface area contributed by atoms with Crippen molar-refractivity contribution in [2.75, 3.05) is 18.8 Å². The third kappa shape index (κ3) is 3.86.